The third kappa shape index (κ3) is 3.59. The second kappa shape index (κ2) is 7.56. The van der Waals surface area contributed by atoms with Crippen LogP contribution in [0.15, 0.2) is 48.5 Å². The van der Waals surface area contributed by atoms with Crippen molar-refractivity contribution in [2.24, 2.45) is 0 Å². The summed E-state index contributed by atoms with van der Waals surface area (Å²) in [5, 5.41) is 14.3. The number of benzene rings is 2. The molecule has 0 aliphatic heterocycles. The number of anilines is 1. The van der Waals surface area contributed by atoms with Crippen molar-refractivity contribution in [2.75, 3.05) is 12.4 Å². The molecule has 8 nitrogen and oxygen atoms in total. The van der Waals surface area contributed by atoms with E-state index >= 15 is 0 Å². The maximum absolute atomic E-state index is 12.6. The van der Waals surface area contributed by atoms with Crippen LogP contribution in [0.1, 0.15) is 27.6 Å². The lowest BCUT2D eigenvalue weighted by molar-refractivity contribution is 0.0600. The normalized spacial score (nSPS) is 10.4. The van der Waals surface area contributed by atoms with Crippen LogP contribution in [0, 0.1) is 0 Å². The van der Waals surface area contributed by atoms with E-state index < -0.39 is 5.97 Å². The van der Waals surface area contributed by atoms with Crippen molar-refractivity contribution in [3.63, 3.8) is 0 Å². The Bertz CT molecular complexity index is 951. The zero-order valence-corrected chi connectivity index (χ0v) is 14.3. The number of hydrogen-bond donors (Lipinski definition) is 1. The molecule has 1 N–H and O–H groups in total. The van der Waals surface area contributed by atoms with Gasteiger partial charge in [0.1, 0.15) is 0 Å². The van der Waals surface area contributed by atoms with E-state index in [0.29, 0.717) is 29.2 Å². The van der Waals surface area contributed by atoms with Crippen molar-refractivity contribution in [1.82, 2.24) is 20.2 Å². The molecule has 0 saturated carbocycles. The predicted octanol–water partition coefficient (Wildman–Crippen LogP) is 2.40. The van der Waals surface area contributed by atoms with Gasteiger partial charge in [0, 0.05) is 23.4 Å². The number of methoxy groups -OCH3 is 1. The molecule has 0 bridgehead atoms. The van der Waals surface area contributed by atoms with Crippen LogP contribution in [0.25, 0.3) is 11.4 Å². The summed E-state index contributed by atoms with van der Waals surface area (Å²) < 4.78 is 6.34. The number of esters is 1. The highest BCUT2D eigenvalue weighted by molar-refractivity contribution is 6.05. The lowest BCUT2D eigenvalue weighted by atomic mass is 10.1. The van der Waals surface area contributed by atoms with Gasteiger partial charge < -0.3 is 10.1 Å². The zero-order valence-electron chi connectivity index (χ0n) is 14.3. The van der Waals surface area contributed by atoms with E-state index in [9.17, 15) is 9.59 Å². The van der Waals surface area contributed by atoms with Gasteiger partial charge in [-0.05, 0) is 47.7 Å². The first-order chi connectivity index (χ1) is 12.6. The third-order valence-corrected chi connectivity index (χ3v) is 3.76. The molecule has 0 fully saturated rings. The molecule has 1 aromatic heterocycles. The quantitative estimate of drug-likeness (QED) is 0.709. The van der Waals surface area contributed by atoms with Crippen LogP contribution >= 0.6 is 0 Å². The number of tetrazole rings is 1. The number of aryl methyl sites for hydroxylation is 1. The maximum atomic E-state index is 12.6. The average molecular weight is 351 g/mol. The van der Waals surface area contributed by atoms with E-state index in [4.69, 9.17) is 0 Å². The molecule has 0 atom stereocenters. The Balaban J connectivity index is 1.83. The van der Waals surface area contributed by atoms with Gasteiger partial charge in [-0.15, -0.1) is 5.10 Å². The number of carbonyl (C=O) groups is 2. The highest BCUT2D eigenvalue weighted by Crippen LogP contribution is 2.19. The maximum Gasteiger partial charge on any atom is 0.337 e. The molecule has 1 heterocycles. The SMILES string of the molecule is CCn1nnnc1-c1cccc(C(=O)Nc2cccc(C(=O)OC)c2)c1. The van der Waals surface area contributed by atoms with Gasteiger partial charge in [-0.2, -0.15) is 0 Å². The van der Waals surface area contributed by atoms with E-state index in [1.807, 2.05) is 13.0 Å². The summed E-state index contributed by atoms with van der Waals surface area (Å²) in [6.45, 7) is 2.56. The first-order valence-corrected chi connectivity index (χ1v) is 7.98. The fourth-order valence-corrected chi connectivity index (χ4v) is 2.47. The predicted molar refractivity (Wildman–Crippen MR) is 94.7 cm³/mol. The summed E-state index contributed by atoms with van der Waals surface area (Å²) in [6, 6.07) is 13.6. The Morgan fingerprint density at radius 3 is 2.65 bits per heavy atom. The number of nitrogens with one attached hydrogen (secondary N) is 1. The summed E-state index contributed by atoms with van der Waals surface area (Å²) in [7, 11) is 1.31. The van der Waals surface area contributed by atoms with Crippen LogP contribution < -0.4 is 5.32 Å². The molecule has 1 amide bonds. The van der Waals surface area contributed by atoms with Crippen molar-refractivity contribution >= 4 is 17.6 Å². The van der Waals surface area contributed by atoms with E-state index in [-0.39, 0.29) is 5.91 Å². The zero-order chi connectivity index (χ0) is 18.5. The number of nitrogens with zero attached hydrogens (tertiary/aromatic N) is 4. The first-order valence-electron chi connectivity index (χ1n) is 7.98. The fraction of sp³-hybridized carbons (Fsp3) is 0.167. The summed E-state index contributed by atoms with van der Waals surface area (Å²) >= 11 is 0. The highest BCUT2D eigenvalue weighted by atomic mass is 16.5. The molecule has 3 rings (SSSR count). The van der Waals surface area contributed by atoms with E-state index in [1.165, 1.54) is 7.11 Å². The van der Waals surface area contributed by atoms with Crippen LogP contribution in [0.3, 0.4) is 0 Å². The molecule has 0 radical (unpaired) electrons. The van der Waals surface area contributed by atoms with Gasteiger partial charge in [0.15, 0.2) is 5.82 Å². The van der Waals surface area contributed by atoms with E-state index in [2.05, 4.69) is 25.6 Å². The monoisotopic (exact) mass is 351 g/mol. The standard InChI is InChI=1S/C18H17N5O3/c1-3-23-16(20-21-22-23)12-6-4-7-13(10-12)17(24)19-15-9-5-8-14(11-15)18(25)26-2/h4-11H,3H2,1-2H3,(H,19,24). The van der Waals surface area contributed by atoms with Gasteiger partial charge in [0.05, 0.1) is 12.7 Å². The molecule has 132 valence electrons. The minimum absolute atomic E-state index is 0.301. The van der Waals surface area contributed by atoms with Gasteiger partial charge in [0.2, 0.25) is 0 Å². The summed E-state index contributed by atoms with van der Waals surface area (Å²) in [4.78, 5) is 24.2. The van der Waals surface area contributed by atoms with Crippen LogP contribution in [0.4, 0.5) is 5.69 Å². The molecular formula is C18H17N5O3. The highest BCUT2D eigenvalue weighted by Gasteiger charge is 2.13. The molecule has 3 aromatic rings. The van der Waals surface area contributed by atoms with E-state index in [0.717, 1.165) is 5.56 Å². The number of amides is 1. The molecule has 0 saturated heterocycles. The van der Waals surface area contributed by atoms with Crippen LogP contribution in [-0.2, 0) is 11.3 Å². The molecule has 0 aliphatic carbocycles. The minimum atomic E-state index is -0.463. The van der Waals surface area contributed by atoms with Gasteiger partial charge in [0.25, 0.3) is 5.91 Å². The molecule has 0 unspecified atom stereocenters. The van der Waals surface area contributed by atoms with Crippen LogP contribution in [0.2, 0.25) is 0 Å². The Kier molecular flexibility index (Phi) is 5.02. The van der Waals surface area contributed by atoms with Crippen LogP contribution in [-0.4, -0.2) is 39.2 Å². The lowest BCUT2D eigenvalue weighted by Gasteiger charge is -2.08. The van der Waals surface area contributed by atoms with Crippen molar-refractivity contribution < 1.29 is 14.3 Å². The van der Waals surface area contributed by atoms with Gasteiger partial charge in [-0.1, -0.05) is 18.2 Å². The van der Waals surface area contributed by atoms with Crippen molar-refractivity contribution in [2.45, 2.75) is 13.5 Å². The van der Waals surface area contributed by atoms with Gasteiger partial charge >= 0.3 is 5.97 Å². The summed E-state index contributed by atoms with van der Waals surface area (Å²) in [6.07, 6.45) is 0. The third-order valence-electron chi connectivity index (χ3n) is 3.76. The Morgan fingerprint density at radius 1 is 1.12 bits per heavy atom. The molecule has 26 heavy (non-hydrogen) atoms. The summed E-state index contributed by atoms with van der Waals surface area (Å²) in [5.41, 5.74) is 2.06. The molecule has 2 aromatic carbocycles. The van der Waals surface area contributed by atoms with Crippen molar-refractivity contribution in [1.29, 1.82) is 0 Å². The largest absolute Gasteiger partial charge is 0.465 e. The number of carbonyl (C=O) groups excluding carboxylic acids is 2. The Morgan fingerprint density at radius 2 is 1.88 bits per heavy atom. The topological polar surface area (TPSA) is 99.0 Å². The molecule has 0 spiro atoms. The molecular weight excluding hydrogens is 334 g/mol. The van der Waals surface area contributed by atoms with Crippen molar-refractivity contribution in [3.8, 4) is 11.4 Å². The minimum Gasteiger partial charge on any atom is -0.465 e. The average Bonchev–Trinajstić information content (AvgIpc) is 3.16. The summed E-state index contributed by atoms with van der Waals surface area (Å²) in [5.74, 6) is -0.172. The van der Waals surface area contributed by atoms with Crippen molar-refractivity contribution in [3.05, 3.63) is 59.7 Å². The lowest BCUT2D eigenvalue weighted by Crippen LogP contribution is -2.13. The van der Waals surface area contributed by atoms with Crippen LogP contribution in [0.5, 0.6) is 0 Å². The smallest absolute Gasteiger partial charge is 0.337 e. The second-order valence-corrected chi connectivity index (χ2v) is 5.43. The van der Waals surface area contributed by atoms with E-state index in [1.54, 1.807) is 47.1 Å². The number of aromatic nitrogens is 4. The van der Waals surface area contributed by atoms with Gasteiger partial charge in [-0.3, -0.25) is 4.79 Å². The second-order valence-electron chi connectivity index (χ2n) is 5.43. The Labute approximate surface area is 149 Å². The number of hydrogen-bond acceptors (Lipinski definition) is 6. The number of ether oxygens (including phenoxy) is 1. The Hall–Kier alpha value is -3.55. The molecule has 0 aliphatic rings. The fourth-order valence-electron chi connectivity index (χ4n) is 2.47. The number of rotatable bonds is 5. The first kappa shape index (κ1) is 17.3. The molecule has 8 heteroatoms. The van der Waals surface area contributed by atoms with Gasteiger partial charge in [-0.25, -0.2) is 9.48 Å².